The van der Waals surface area contributed by atoms with Gasteiger partial charge in [0.1, 0.15) is 5.75 Å². The molecule has 0 saturated heterocycles. The summed E-state index contributed by atoms with van der Waals surface area (Å²) >= 11 is 0. The number of likely N-dealkylation sites (N-methyl/N-ethyl adjacent to an activating group) is 2. The lowest BCUT2D eigenvalue weighted by molar-refractivity contribution is 0.302. The van der Waals surface area contributed by atoms with Gasteiger partial charge in [-0.05, 0) is 12.1 Å². The van der Waals surface area contributed by atoms with E-state index in [1.807, 2.05) is 18.2 Å². The highest BCUT2D eigenvalue weighted by atomic mass is 16.5. The summed E-state index contributed by atoms with van der Waals surface area (Å²) in [6.45, 7) is 0.744. The molecule has 0 unspecified atom stereocenters. The number of ether oxygens (including phenoxy) is 1. The molecule has 8 nitrogen and oxygen atoms in total. The smallest absolute Gasteiger partial charge is 0.328 e. The average Bonchev–Trinajstić information content (AvgIpc) is 2.56. The van der Waals surface area contributed by atoms with Crippen molar-refractivity contribution < 1.29 is 14.9 Å². The Morgan fingerprint density at radius 1 is 0.870 bits per heavy atom. The lowest BCUT2D eigenvalue weighted by Gasteiger charge is -2.20. The van der Waals surface area contributed by atoms with Crippen LogP contribution in [-0.2, 0) is 0 Å². The summed E-state index contributed by atoms with van der Waals surface area (Å²) in [4.78, 5) is 16.3. The van der Waals surface area contributed by atoms with Crippen LogP contribution in [0.25, 0.3) is 0 Å². The average molecular weight is 319 g/mol. The van der Waals surface area contributed by atoms with Gasteiger partial charge in [0.15, 0.2) is 0 Å². The summed E-state index contributed by atoms with van der Waals surface area (Å²) in [6, 6.07) is 9.37. The Balaban J connectivity index is 2.32. The van der Waals surface area contributed by atoms with Crippen molar-refractivity contribution >= 4 is 11.9 Å². The van der Waals surface area contributed by atoms with Gasteiger partial charge in [0.2, 0.25) is 11.9 Å². The van der Waals surface area contributed by atoms with Crippen molar-refractivity contribution in [2.24, 2.45) is 0 Å². The molecule has 0 bridgehead atoms. The van der Waals surface area contributed by atoms with Gasteiger partial charge in [-0.2, -0.15) is 15.0 Å². The molecule has 1 aromatic carbocycles. The highest BCUT2D eigenvalue weighted by molar-refractivity contribution is 5.40. The van der Waals surface area contributed by atoms with Crippen molar-refractivity contribution in [3.05, 3.63) is 30.3 Å². The molecule has 2 aromatic rings. The van der Waals surface area contributed by atoms with Crippen LogP contribution in [0.1, 0.15) is 0 Å². The molecule has 0 fully saturated rings. The number of nitrogens with zero attached hydrogens (tertiary/aromatic N) is 5. The summed E-state index contributed by atoms with van der Waals surface area (Å²) in [5.41, 5.74) is 0. The van der Waals surface area contributed by atoms with E-state index in [9.17, 15) is 0 Å². The van der Waals surface area contributed by atoms with Gasteiger partial charge >= 0.3 is 6.01 Å². The minimum Gasteiger partial charge on any atom is -0.424 e. The van der Waals surface area contributed by atoms with E-state index in [1.165, 1.54) is 0 Å². The van der Waals surface area contributed by atoms with Gasteiger partial charge in [0.05, 0.1) is 13.2 Å². The van der Waals surface area contributed by atoms with Gasteiger partial charge in [0.25, 0.3) is 0 Å². The SMILES string of the molecule is CN(CCO)c1nc(Oc2ccccc2)nc(N(C)CCO)n1. The molecule has 0 aliphatic rings. The van der Waals surface area contributed by atoms with Crippen LogP contribution < -0.4 is 14.5 Å². The molecule has 0 aliphatic carbocycles. The Kier molecular flexibility index (Phi) is 6.07. The van der Waals surface area contributed by atoms with Crippen molar-refractivity contribution in [2.75, 3.05) is 50.2 Å². The predicted octanol–water partition coefficient (Wildman–Crippen LogP) is 0.521. The fraction of sp³-hybridized carbons (Fsp3) is 0.400. The maximum Gasteiger partial charge on any atom is 0.328 e. The van der Waals surface area contributed by atoms with Gasteiger partial charge in [-0.3, -0.25) is 0 Å². The van der Waals surface area contributed by atoms with Crippen LogP contribution >= 0.6 is 0 Å². The van der Waals surface area contributed by atoms with E-state index in [0.29, 0.717) is 30.7 Å². The van der Waals surface area contributed by atoms with E-state index in [4.69, 9.17) is 14.9 Å². The Hall–Kier alpha value is -2.45. The Morgan fingerprint density at radius 3 is 1.87 bits per heavy atom. The first-order valence-corrected chi connectivity index (χ1v) is 7.27. The molecule has 0 aliphatic heterocycles. The molecule has 2 rings (SSSR count). The zero-order valence-electron chi connectivity index (χ0n) is 13.3. The van der Waals surface area contributed by atoms with Crippen LogP contribution in [0.5, 0.6) is 11.8 Å². The van der Waals surface area contributed by atoms with Crippen molar-refractivity contribution in [1.82, 2.24) is 15.0 Å². The standard InChI is InChI=1S/C15H21N5O3/c1-19(8-10-21)13-16-14(20(2)9-11-22)18-15(17-13)23-12-6-4-3-5-7-12/h3-7,21-22H,8-11H2,1-2H3. The van der Waals surface area contributed by atoms with Crippen molar-refractivity contribution in [3.63, 3.8) is 0 Å². The number of anilines is 2. The molecule has 1 heterocycles. The normalized spacial score (nSPS) is 10.4. The minimum atomic E-state index is -0.0150. The fourth-order valence-corrected chi connectivity index (χ4v) is 1.82. The van der Waals surface area contributed by atoms with Gasteiger partial charge < -0.3 is 24.7 Å². The molecule has 23 heavy (non-hydrogen) atoms. The molecular weight excluding hydrogens is 298 g/mol. The molecule has 0 radical (unpaired) electrons. The van der Waals surface area contributed by atoms with E-state index >= 15 is 0 Å². The number of benzene rings is 1. The molecule has 0 saturated carbocycles. The monoisotopic (exact) mass is 319 g/mol. The lowest BCUT2D eigenvalue weighted by Crippen LogP contribution is -2.27. The molecular formula is C15H21N5O3. The third kappa shape index (κ3) is 4.76. The van der Waals surface area contributed by atoms with Crippen molar-refractivity contribution in [2.45, 2.75) is 0 Å². The Bertz CT molecular complexity index is 581. The first-order chi connectivity index (χ1) is 11.1. The van der Waals surface area contributed by atoms with Crippen LogP contribution in [0.4, 0.5) is 11.9 Å². The Labute approximate surface area is 135 Å². The second kappa shape index (κ2) is 8.25. The Morgan fingerprint density at radius 2 is 1.39 bits per heavy atom. The molecule has 2 N–H and O–H groups in total. The van der Waals surface area contributed by atoms with E-state index in [0.717, 1.165) is 0 Å². The molecule has 124 valence electrons. The van der Waals surface area contributed by atoms with Crippen LogP contribution in [-0.4, -0.2) is 65.6 Å². The van der Waals surface area contributed by atoms with Crippen LogP contribution in [0, 0.1) is 0 Å². The second-order valence-corrected chi connectivity index (χ2v) is 4.92. The minimum absolute atomic E-state index is 0.0150. The van der Waals surface area contributed by atoms with Crippen molar-refractivity contribution in [1.29, 1.82) is 0 Å². The molecule has 0 amide bonds. The maximum absolute atomic E-state index is 9.08. The molecule has 8 heteroatoms. The number of aliphatic hydroxyl groups excluding tert-OH is 2. The van der Waals surface area contributed by atoms with Crippen LogP contribution in [0.15, 0.2) is 30.3 Å². The summed E-state index contributed by atoms with van der Waals surface area (Å²) in [6.07, 6.45) is 0. The number of aliphatic hydroxyl groups is 2. The summed E-state index contributed by atoms with van der Waals surface area (Å²) in [5, 5.41) is 18.2. The van der Waals surface area contributed by atoms with Crippen LogP contribution in [0.3, 0.4) is 0 Å². The van der Waals surface area contributed by atoms with Gasteiger partial charge in [-0.1, -0.05) is 18.2 Å². The lowest BCUT2D eigenvalue weighted by atomic mass is 10.3. The molecule has 0 atom stereocenters. The number of rotatable bonds is 8. The fourth-order valence-electron chi connectivity index (χ4n) is 1.82. The zero-order chi connectivity index (χ0) is 16.7. The molecule has 1 aromatic heterocycles. The first-order valence-electron chi connectivity index (χ1n) is 7.27. The largest absolute Gasteiger partial charge is 0.424 e. The summed E-state index contributed by atoms with van der Waals surface area (Å²) in [5.74, 6) is 1.39. The van der Waals surface area contributed by atoms with Gasteiger partial charge in [-0.25, -0.2) is 0 Å². The number of hydrogen-bond donors (Lipinski definition) is 2. The van der Waals surface area contributed by atoms with E-state index in [-0.39, 0.29) is 19.2 Å². The predicted molar refractivity (Wildman–Crippen MR) is 87.1 cm³/mol. The van der Waals surface area contributed by atoms with Gasteiger partial charge in [-0.15, -0.1) is 0 Å². The van der Waals surface area contributed by atoms with E-state index < -0.39 is 0 Å². The second-order valence-electron chi connectivity index (χ2n) is 4.92. The van der Waals surface area contributed by atoms with Gasteiger partial charge in [0, 0.05) is 27.2 Å². The zero-order valence-corrected chi connectivity index (χ0v) is 13.3. The first kappa shape index (κ1) is 16.9. The number of hydrogen-bond acceptors (Lipinski definition) is 8. The summed E-state index contributed by atoms with van der Waals surface area (Å²) in [7, 11) is 3.54. The van der Waals surface area contributed by atoms with Crippen LogP contribution in [0.2, 0.25) is 0 Å². The van der Waals surface area contributed by atoms with E-state index in [2.05, 4.69) is 15.0 Å². The number of aromatic nitrogens is 3. The number of para-hydroxylation sites is 1. The third-order valence-corrected chi connectivity index (χ3v) is 3.10. The highest BCUT2D eigenvalue weighted by Crippen LogP contribution is 2.21. The highest BCUT2D eigenvalue weighted by Gasteiger charge is 2.14. The maximum atomic E-state index is 9.08. The van der Waals surface area contributed by atoms with Crippen molar-refractivity contribution in [3.8, 4) is 11.8 Å². The topological polar surface area (TPSA) is 94.8 Å². The third-order valence-electron chi connectivity index (χ3n) is 3.10. The van der Waals surface area contributed by atoms with E-state index in [1.54, 1.807) is 36.0 Å². The quantitative estimate of drug-likeness (QED) is 0.727. The summed E-state index contributed by atoms with van der Waals surface area (Å²) < 4.78 is 5.68. The molecule has 0 spiro atoms.